The molecule has 326 valence electrons. The molecule has 2 aromatic carbocycles. The lowest BCUT2D eigenvalue weighted by molar-refractivity contribution is -0.142. The van der Waals surface area contributed by atoms with Crippen molar-refractivity contribution in [1.29, 1.82) is 0 Å². The van der Waals surface area contributed by atoms with Gasteiger partial charge in [0.15, 0.2) is 0 Å². The minimum atomic E-state index is -1.45. The van der Waals surface area contributed by atoms with E-state index in [1.165, 1.54) is 18.8 Å². The number of carbonyl (C=O) groups is 7. The van der Waals surface area contributed by atoms with Crippen LogP contribution in [0.4, 0.5) is 0 Å². The number of imidazole rings is 1. The first kappa shape index (κ1) is 48.4. The van der Waals surface area contributed by atoms with E-state index in [0.29, 0.717) is 36.2 Å². The number of aromatic amines is 1. The van der Waals surface area contributed by atoms with Crippen molar-refractivity contribution in [1.82, 2.24) is 36.6 Å². The molecule has 20 heteroatoms. The molecule has 0 aliphatic heterocycles. The third-order valence-corrected chi connectivity index (χ3v) is 10.1. The Morgan fingerprint density at radius 3 is 1.65 bits per heavy atom. The van der Waals surface area contributed by atoms with Crippen molar-refractivity contribution in [2.75, 3.05) is 18.6 Å². The number of carbonyl (C=O) groups excluding carboxylic acids is 5. The Morgan fingerprint density at radius 1 is 0.667 bits per heavy atom. The third kappa shape index (κ3) is 17.5. The number of nitrogens with zero attached hydrogens (tertiary/aromatic N) is 1. The zero-order valence-electron chi connectivity index (χ0n) is 33.3. The Balaban J connectivity index is 1.89. The molecule has 0 saturated carbocycles. The predicted molar refractivity (Wildman–Crippen MR) is 221 cm³/mol. The standard InChI is InChI=1S/C40H55N9O10S/c1-60(59)19-17-28(42)35(52)45-30(15-16-34(50)51)37(54)48-32(22-27-23-43-24-44-27)39(56)47-31(20-25-10-4-2-5-11-25)38(55)46-29(14-8-9-18-41)36(53)49-33(40(57)58)21-26-12-6-3-7-13-26/h2-7,10-13,23-24,28-33H,8-9,14-22,41-42H2,1H3,(H,43,44)(H,45,52)(H,46,55)(H,47,56)(H,48,54)(H,49,53)(H,50,51)(H,57,58)/t28-,29+,30-,31-,32-,33-,60-/m0/s1. The number of amides is 5. The number of carboxylic acid groups (broad SMARTS) is 2. The third-order valence-electron chi connectivity index (χ3n) is 9.34. The van der Waals surface area contributed by atoms with Crippen molar-refractivity contribution in [3.63, 3.8) is 0 Å². The summed E-state index contributed by atoms with van der Waals surface area (Å²) in [7, 11) is -1.25. The van der Waals surface area contributed by atoms with Crippen molar-refractivity contribution < 1.29 is 48.0 Å². The molecule has 0 radical (unpaired) electrons. The van der Waals surface area contributed by atoms with Crippen LogP contribution in [-0.4, -0.2) is 121 Å². The van der Waals surface area contributed by atoms with Gasteiger partial charge in [-0.1, -0.05) is 60.7 Å². The monoisotopic (exact) mass is 853 g/mol. The molecule has 7 atom stereocenters. The highest BCUT2D eigenvalue weighted by molar-refractivity contribution is 7.84. The number of rotatable bonds is 27. The lowest BCUT2D eigenvalue weighted by Gasteiger charge is -2.27. The van der Waals surface area contributed by atoms with Crippen molar-refractivity contribution in [3.8, 4) is 0 Å². The number of H-pyrrole nitrogens is 1. The summed E-state index contributed by atoms with van der Waals surface area (Å²) < 4.78 is 11.6. The molecule has 3 rings (SSSR count). The van der Waals surface area contributed by atoms with E-state index in [1.807, 2.05) is 0 Å². The van der Waals surface area contributed by atoms with Gasteiger partial charge >= 0.3 is 11.9 Å². The first-order chi connectivity index (χ1) is 28.7. The van der Waals surface area contributed by atoms with Crippen LogP contribution in [0, 0.1) is 0 Å². The van der Waals surface area contributed by atoms with Crippen LogP contribution >= 0.6 is 0 Å². The first-order valence-corrected chi connectivity index (χ1v) is 21.2. The zero-order valence-corrected chi connectivity index (χ0v) is 34.2. The minimum Gasteiger partial charge on any atom is -0.481 e. The largest absolute Gasteiger partial charge is 0.481 e. The highest BCUT2D eigenvalue weighted by Crippen LogP contribution is 2.11. The van der Waals surface area contributed by atoms with Gasteiger partial charge in [0.05, 0.1) is 12.4 Å². The summed E-state index contributed by atoms with van der Waals surface area (Å²) in [4.78, 5) is 99.2. The van der Waals surface area contributed by atoms with E-state index in [9.17, 15) is 48.0 Å². The molecule has 0 aliphatic rings. The van der Waals surface area contributed by atoms with Gasteiger partial charge in [0.2, 0.25) is 29.5 Å². The van der Waals surface area contributed by atoms with Gasteiger partial charge in [-0.3, -0.25) is 33.0 Å². The number of hydrogen-bond donors (Lipinski definition) is 10. The number of aliphatic carboxylic acids is 2. The van der Waals surface area contributed by atoms with Crippen LogP contribution in [0.3, 0.4) is 0 Å². The molecule has 0 saturated heterocycles. The molecular weight excluding hydrogens is 799 g/mol. The molecule has 12 N–H and O–H groups in total. The van der Waals surface area contributed by atoms with E-state index >= 15 is 0 Å². The normalized spacial score (nSPS) is 14.5. The molecule has 0 aliphatic carbocycles. The summed E-state index contributed by atoms with van der Waals surface area (Å²) in [6, 6.07) is 9.48. The number of nitrogens with one attached hydrogen (secondary N) is 6. The van der Waals surface area contributed by atoms with E-state index in [-0.39, 0.29) is 44.3 Å². The number of benzene rings is 2. The summed E-state index contributed by atoms with van der Waals surface area (Å²) in [6.45, 7) is 0.304. The molecule has 60 heavy (non-hydrogen) atoms. The van der Waals surface area contributed by atoms with Gasteiger partial charge in [0.1, 0.15) is 30.2 Å². The maximum Gasteiger partial charge on any atom is 0.326 e. The SMILES string of the molecule is C[S@](=O)CC[C@H](N)C(=O)N[C@@H](CCC(=O)O)C(=O)N[C@@H](Cc1cnc[nH]1)C(=O)N[C@@H](Cc1ccccc1)C(=O)N[C@H](CCCCN)C(=O)N[C@@H](Cc1ccccc1)C(=O)O. The lowest BCUT2D eigenvalue weighted by Crippen LogP contribution is -2.60. The Morgan fingerprint density at radius 2 is 1.15 bits per heavy atom. The second-order valence-electron chi connectivity index (χ2n) is 14.2. The van der Waals surface area contributed by atoms with Crippen LogP contribution in [0.5, 0.6) is 0 Å². The average molecular weight is 854 g/mol. The van der Waals surface area contributed by atoms with Gasteiger partial charge in [0, 0.05) is 60.4 Å². The molecule has 19 nitrogen and oxygen atoms in total. The quantitative estimate of drug-likeness (QED) is 0.0414. The van der Waals surface area contributed by atoms with Crippen LogP contribution in [0.15, 0.2) is 73.2 Å². The first-order valence-electron chi connectivity index (χ1n) is 19.4. The Bertz CT molecular complexity index is 1890. The van der Waals surface area contributed by atoms with E-state index in [0.717, 1.165) is 0 Å². The van der Waals surface area contributed by atoms with Gasteiger partial charge in [0.25, 0.3) is 0 Å². The highest BCUT2D eigenvalue weighted by Gasteiger charge is 2.33. The smallest absolute Gasteiger partial charge is 0.326 e. The van der Waals surface area contributed by atoms with E-state index < -0.39 is 94.9 Å². The van der Waals surface area contributed by atoms with Crippen molar-refractivity contribution in [3.05, 3.63) is 90.0 Å². The van der Waals surface area contributed by atoms with Crippen molar-refractivity contribution in [2.45, 2.75) is 94.0 Å². The number of nitrogens with two attached hydrogens (primary N) is 2. The van der Waals surface area contributed by atoms with E-state index in [4.69, 9.17) is 11.5 Å². The van der Waals surface area contributed by atoms with Crippen LogP contribution < -0.4 is 38.1 Å². The Kier molecular flexibility index (Phi) is 20.5. The van der Waals surface area contributed by atoms with Gasteiger partial charge in [-0.15, -0.1) is 0 Å². The van der Waals surface area contributed by atoms with Gasteiger partial charge < -0.3 is 53.2 Å². The molecule has 0 bridgehead atoms. The number of unbranched alkanes of at least 4 members (excludes halogenated alkanes) is 1. The highest BCUT2D eigenvalue weighted by atomic mass is 32.2. The predicted octanol–water partition coefficient (Wildman–Crippen LogP) is -0.964. The van der Waals surface area contributed by atoms with Crippen molar-refractivity contribution in [2.24, 2.45) is 11.5 Å². The Labute approximate surface area is 350 Å². The topological polar surface area (TPSA) is 318 Å². The molecule has 0 fully saturated rings. The summed E-state index contributed by atoms with van der Waals surface area (Å²) in [5, 5.41) is 32.2. The fourth-order valence-corrected chi connectivity index (χ4v) is 6.61. The fraction of sp³-hybridized carbons (Fsp3) is 0.450. The maximum atomic E-state index is 14.2. The summed E-state index contributed by atoms with van der Waals surface area (Å²) in [5.41, 5.74) is 13.3. The van der Waals surface area contributed by atoms with Gasteiger partial charge in [-0.05, 0) is 49.8 Å². The fourth-order valence-electron chi connectivity index (χ4n) is 6.02. The summed E-state index contributed by atoms with van der Waals surface area (Å²) >= 11 is 0. The molecule has 1 aromatic heterocycles. The van der Waals surface area contributed by atoms with Crippen LogP contribution in [0.25, 0.3) is 0 Å². The van der Waals surface area contributed by atoms with Crippen molar-refractivity contribution >= 4 is 52.3 Å². The average Bonchev–Trinajstić information content (AvgIpc) is 3.74. The molecule has 0 unspecified atom stereocenters. The lowest BCUT2D eigenvalue weighted by atomic mass is 10.0. The summed E-state index contributed by atoms with van der Waals surface area (Å²) in [5.74, 6) is -6.51. The zero-order chi connectivity index (χ0) is 44.0. The second-order valence-corrected chi connectivity index (χ2v) is 15.7. The molecule has 5 amide bonds. The molecule has 1 heterocycles. The second kappa shape index (κ2) is 25.5. The Hall–Kier alpha value is -5.99. The van der Waals surface area contributed by atoms with E-state index in [2.05, 4.69) is 36.6 Å². The molecule has 3 aromatic rings. The van der Waals surface area contributed by atoms with Gasteiger partial charge in [-0.25, -0.2) is 9.78 Å². The molecular formula is C40H55N9O10S. The number of carboxylic acids is 2. The van der Waals surface area contributed by atoms with Crippen LogP contribution in [0.2, 0.25) is 0 Å². The molecule has 0 spiro atoms. The van der Waals surface area contributed by atoms with Gasteiger partial charge in [-0.2, -0.15) is 0 Å². The number of hydrogen-bond acceptors (Lipinski definition) is 11. The minimum absolute atomic E-state index is 0.0177. The van der Waals surface area contributed by atoms with E-state index in [1.54, 1.807) is 60.7 Å². The van der Waals surface area contributed by atoms with Crippen LogP contribution in [0.1, 0.15) is 55.3 Å². The van der Waals surface area contributed by atoms with Crippen LogP contribution in [-0.2, 0) is 63.6 Å². The summed E-state index contributed by atoms with van der Waals surface area (Å²) in [6.07, 6.45) is 4.09. The maximum absolute atomic E-state index is 14.2. The number of aromatic nitrogens is 2.